The minimum atomic E-state index is -4.51. The molecule has 1 aromatic carbocycles. The van der Waals surface area contributed by atoms with E-state index in [0.717, 1.165) is 18.2 Å². The van der Waals surface area contributed by atoms with Crippen molar-refractivity contribution in [2.45, 2.75) is 19.0 Å². The van der Waals surface area contributed by atoms with Crippen LogP contribution in [0.4, 0.5) is 18.9 Å². The summed E-state index contributed by atoms with van der Waals surface area (Å²) in [5, 5.41) is 5.69. The SMILES string of the molecule is O=C1CCC(C(=O)Nc2ccc(C(F)(F)F)cc2Cl)=NN1. The Morgan fingerprint density at radius 1 is 1.33 bits per heavy atom. The van der Waals surface area contributed by atoms with Crippen LogP contribution in [0.5, 0.6) is 0 Å². The Morgan fingerprint density at radius 2 is 2.05 bits per heavy atom. The van der Waals surface area contributed by atoms with Gasteiger partial charge < -0.3 is 5.32 Å². The van der Waals surface area contributed by atoms with Gasteiger partial charge in [-0.1, -0.05) is 11.6 Å². The highest BCUT2D eigenvalue weighted by atomic mass is 35.5. The molecule has 1 aromatic rings. The molecule has 0 bridgehead atoms. The maximum atomic E-state index is 12.5. The molecule has 1 heterocycles. The van der Waals surface area contributed by atoms with Gasteiger partial charge in [0.05, 0.1) is 16.3 Å². The Hall–Kier alpha value is -2.09. The van der Waals surface area contributed by atoms with Crippen molar-refractivity contribution in [3.63, 3.8) is 0 Å². The lowest BCUT2D eigenvalue weighted by Gasteiger charge is -2.13. The molecule has 0 spiro atoms. The van der Waals surface area contributed by atoms with Gasteiger partial charge in [-0.25, -0.2) is 5.43 Å². The van der Waals surface area contributed by atoms with Crippen molar-refractivity contribution in [3.8, 4) is 0 Å². The second-order valence-corrected chi connectivity index (χ2v) is 4.65. The Morgan fingerprint density at radius 3 is 2.57 bits per heavy atom. The van der Waals surface area contributed by atoms with Crippen molar-refractivity contribution in [1.29, 1.82) is 0 Å². The van der Waals surface area contributed by atoms with Crippen LogP contribution in [0.3, 0.4) is 0 Å². The van der Waals surface area contributed by atoms with Crippen molar-refractivity contribution in [1.82, 2.24) is 5.43 Å². The summed E-state index contributed by atoms with van der Waals surface area (Å²) in [5.41, 5.74) is 1.35. The van der Waals surface area contributed by atoms with E-state index in [2.05, 4.69) is 15.8 Å². The second kappa shape index (κ2) is 5.72. The van der Waals surface area contributed by atoms with Crippen LogP contribution in [0.15, 0.2) is 23.3 Å². The molecule has 0 saturated carbocycles. The standard InChI is InChI=1S/C12H9ClF3N3O2/c13-7-5-6(12(14,15)16)1-2-8(7)17-11(21)9-3-4-10(20)19-18-9/h1-2,5H,3-4H2,(H,17,21)(H,19,20). The number of nitrogens with zero attached hydrogens (tertiary/aromatic N) is 1. The number of anilines is 1. The molecule has 21 heavy (non-hydrogen) atoms. The number of halogens is 4. The second-order valence-electron chi connectivity index (χ2n) is 4.24. The van der Waals surface area contributed by atoms with Crippen LogP contribution >= 0.6 is 11.6 Å². The minimum absolute atomic E-state index is 0.0364. The number of amides is 2. The average molecular weight is 320 g/mol. The van der Waals surface area contributed by atoms with Gasteiger partial charge in [-0.3, -0.25) is 9.59 Å². The van der Waals surface area contributed by atoms with Gasteiger partial charge >= 0.3 is 6.18 Å². The van der Waals surface area contributed by atoms with E-state index in [1.165, 1.54) is 0 Å². The van der Waals surface area contributed by atoms with Gasteiger partial charge in [0.1, 0.15) is 5.71 Å². The van der Waals surface area contributed by atoms with Crippen LogP contribution in [-0.2, 0) is 15.8 Å². The van der Waals surface area contributed by atoms with Gasteiger partial charge in [-0.2, -0.15) is 18.3 Å². The molecule has 0 atom stereocenters. The maximum absolute atomic E-state index is 12.5. The molecular weight excluding hydrogens is 311 g/mol. The van der Waals surface area contributed by atoms with E-state index < -0.39 is 17.6 Å². The molecule has 0 radical (unpaired) electrons. The Kier molecular flexibility index (Phi) is 4.17. The first-order valence-electron chi connectivity index (χ1n) is 5.81. The molecule has 9 heteroatoms. The zero-order chi connectivity index (χ0) is 15.6. The number of alkyl halides is 3. The van der Waals surface area contributed by atoms with Crippen molar-refractivity contribution in [2.24, 2.45) is 5.10 Å². The summed E-state index contributed by atoms with van der Waals surface area (Å²) in [6.07, 6.45) is -4.24. The predicted octanol–water partition coefficient (Wildman–Crippen LogP) is 2.56. The van der Waals surface area contributed by atoms with Crippen LogP contribution < -0.4 is 10.7 Å². The van der Waals surface area contributed by atoms with Gasteiger partial charge in [0.2, 0.25) is 5.91 Å². The summed E-state index contributed by atoms with van der Waals surface area (Å²) in [6, 6.07) is 2.60. The fourth-order valence-electron chi connectivity index (χ4n) is 1.63. The first-order chi connectivity index (χ1) is 9.77. The van der Waals surface area contributed by atoms with E-state index in [1.807, 2.05) is 0 Å². The Balaban J connectivity index is 2.13. The summed E-state index contributed by atoms with van der Waals surface area (Å²) >= 11 is 5.72. The Labute approximate surface area is 122 Å². The maximum Gasteiger partial charge on any atom is 0.416 e. The first-order valence-corrected chi connectivity index (χ1v) is 6.18. The summed E-state index contributed by atoms with van der Waals surface area (Å²) in [7, 11) is 0. The van der Waals surface area contributed by atoms with Crippen LogP contribution in [-0.4, -0.2) is 17.5 Å². The van der Waals surface area contributed by atoms with E-state index in [4.69, 9.17) is 11.6 Å². The number of carbonyl (C=O) groups is 2. The number of nitrogens with one attached hydrogen (secondary N) is 2. The van der Waals surface area contributed by atoms with Crippen LogP contribution in [0.25, 0.3) is 0 Å². The molecule has 0 saturated heterocycles. The summed E-state index contributed by atoms with van der Waals surface area (Å²) in [6.45, 7) is 0. The lowest BCUT2D eigenvalue weighted by Crippen LogP contribution is -2.32. The van der Waals surface area contributed by atoms with Gasteiger partial charge in [0.25, 0.3) is 5.91 Å². The zero-order valence-corrected chi connectivity index (χ0v) is 11.2. The van der Waals surface area contributed by atoms with E-state index >= 15 is 0 Å². The highest BCUT2D eigenvalue weighted by Gasteiger charge is 2.31. The average Bonchev–Trinajstić information content (AvgIpc) is 2.40. The molecule has 5 nitrogen and oxygen atoms in total. The number of carbonyl (C=O) groups excluding carboxylic acids is 2. The fraction of sp³-hybridized carbons (Fsp3) is 0.250. The Bertz CT molecular complexity index is 629. The predicted molar refractivity (Wildman–Crippen MR) is 69.9 cm³/mol. The molecule has 2 amide bonds. The van der Waals surface area contributed by atoms with Crippen LogP contribution in [0.1, 0.15) is 18.4 Å². The van der Waals surface area contributed by atoms with Gasteiger partial charge in [0.15, 0.2) is 0 Å². The van der Waals surface area contributed by atoms with E-state index in [9.17, 15) is 22.8 Å². The lowest BCUT2D eigenvalue weighted by atomic mass is 10.1. The van der Waals surface area contributed by atoms with Gasteiger partial charge in [-0.05, 0) is 18.2 Å². The molecule has 0 unspecified atom stereocenters. The van der Waals surface area contributed by atoms with Crippen molar-refractivity contribution in [3.05, 3.63) is 28.8 Å². The zero-order valence-electron chi connectivity index (χ0n) is 10.4. The van der Waals surface area contributed by atoms with E-state index in [-0.39, 0.29) is 35.2 Å². The van der Waals surface area contributed by atoms with E-state index in [0.29, 0.717) is 0 Å². The number of hydrogen-bond donors (Lipinski definition) is 2. The molecule has 0 aliphatic carbocycles. The third-order valence-electron chi connectivity index (χ3n) is 2.71. The largest absolute Gasteiger partial charge is 0.416 e. The molecule has 1 aliphatic heterocycles. The van der Waals surface area contributed by atoms with Gasteiger partial charge in [-0.15, -0.1) is 0 Å². The number of benzene rings is 1. The monoisotopic (exact) mass is 319 g/mol. The smallest absolute Gasteiger partial charge is 0.320 e. The quantitative estimate of drug-likeness (QED) is 0.879. The lowest BCUT2D eigenvalue weighted by molar-refractivity contribution is -0.137. The summed E-state index contributed by atoms with van der Waals surface area (Å²) in [4.78, 5) is 22.7. The molecule has 0 fully saturated rings. The molecule has 0 aromatic heterocycles. The highest BCUT2D eigenvalue weighted by molar-refractivity contribution is 6.44. The van der Waals surface area contributed by atoms with Crippen molar-refractivity contribution in [2.75, 3.05) is 5.32 Å². The molecule has 112 valence electrons. The number of hydrogen-bond acceptors (Lipinski definition) is 3. The highest BCUT2D eigenvalue weighted by Crippen LogP contribution is 2.33. The third-order valence-corrected chi connectivity index (χ3v) is 3.02. The normalized spacial score (nSPS) is 15.2. The fourth-order valence-corrected chi connectivity index (χ4v) is 1.85. The van der Waals surface area contributed by atoms with E-state index in [1.54, 1.807) is 0 Å². The van der Waals surface area contributed by atoms with Crippen molar-refractivity contribution < 1.29 is 22.8 Å². The molecule has 2 rings (SSSR count). The topological polar surface area (TPSA) is 70.6 Å². The van der Waals surface area contributed by atoms with Crippen LogP contribution in [0, 0.1) is 0 Å². The summed E-state index contributed by atoms with van der Waals surface area (Å²) in [5.74, 6) is -0.934. The number of rotatable bonds is 2. The molecular formula is C12H9ClF3N3O2. The first kappa shape index (κ1) is 15.3. The summed E-state index contributed by atoms with van der Waals surface area (Å²) < 4.78 is 37.5. The minimum Gasteiger partial charge on any atom is -0.320 e. The molecule has 2 N–H and O–H groups in total. The van der Waals surface area contributed by atoms with Crippen molar-refractivity contribution >= 4 is 34.8 Å². The third kappa shape index (κ3) is 3.72. The van der Waals surface area contributed by atoms with Gasteiger partial charge in [0, 0.05) is 12.8 Å². The molecule has 1 aliphatic rings. The van der Waals surface area contributed by atoms with Crippen LogP contribution in [0.2, 0.25) is 5.02 Å². The number of hydrazone groups is 1.